The highest BCUT2D eigenvalue weighted by Gasteiger charge is 2.23. The average Bonchev–Trinajstić information content (AvgIpc) is 2.78. The Morgan fingerprint density at radius 1 is 1.00 bits per heavy atom. The number of sulfonamides is 1. The molecule has 32 heavy (non-hydrogen) atoms. The van der Waals surface area contributed by atoms with Crippen molar-refractivity contribution < 1.29 is 22.7 Å². The number of hydrogen-bond acceptors (Lipinski definition) is 5. The second-order valence-corrected chi connectivity index (χ2v) is 8.96. The molecule has 0 spiro atoms. The molecule has 3 N–H and O–H groups in total. The van der Waals surface area contributed by atoms with Gasteiger partial charge in [-0.25, -0.2) is 13.2 Å². The van der Waals surface area contributed by atoms with Gasteiger partial charge < -0.3 is 20.7 Å². The topological polar surface area (TPSA) is 117 Å². The predicted molar refractivity (Wildman–Crippen MR) is 123 cm³/mol. The predicted octanol–water partition coefficient (Wildman–Crippen LogP) is 2.47. The highest BCUT2D eigenvalue weighted by Crippen LogP contribution is 2.28. The fourth-order valence-electron chi connectivity index (χ4n) is 2.96. The highest BCUT2D eigenvalue weighted by molar-refractivity contribution is 7.89. The van der Waals surface area contributed by atoms with Crippen LogP contribution in [0.5, 0.6) is 5.75 Å². The van der Waals surface area contributed by atoms with E-state index in [0.29, 0.717) is 25.4 Å². The summed E-state index contributed by atoms with van der Waals surface area (Å²) in [6.45, 7) is 6.17. The third-order valence-electron chi connectivity index (χ3n) is 4.77. The molecule has 174 valence electrons. The van der Waals surface area contributed by atoms with Crippen molar-refractivity contribution in [2.45, 2.75) is 32.2 Å². The van der Waals surface area contributed by atoms with Gasteiger partial charge in [0, 0.05) is 19.6 Å². The molecule has 2 aromatic rings. The van der Waals surface area contributed by atoms with Gasteiger partial charge in [0.2, 0.25) is 15.9 Å². The van der Waals surface area contributed by atoms with Gasteiger partial charge in [0.25, 0.3) is 0 Å². The smallest absolute Gasteiger partial charge is 0.315 e. The summed E-state index contributed by atoms with van der Waals surface area (Å²) in [6, 6.07) is 11.5. The minimum atomic E-state index is -3.70. The number of carbonyl (C=O) groups excluding carboxylic acids is 2. The lowest BCUT2D eigenvalue weighted by molar-refractivity contribution is -0.115. The number of methoxy groups -OCH3 is 1. The van der Waals surface area contributed by atoms with Crippen molar-refractivity contribution in [2.75, 3.05) is 32.1 Å². The van der Waals surface area contributed by atoms with Crippen LogP contribution in [0, 0.1) is 6.92 Å². The van der Waals surface area contributed by atoms with Gasteiger partial charge in [-0.15, -0.1) is 0 Å². The summed E-state index contributed by atoms with van der Waals surface area (Å²) >= 11 is 0. The number of amides is 3. The number of aryl methyl sites for hydroxylation is 1. The zero-order chi connectivity index (χ0) is 23.7. The van der Waals surface area contributed by atoms with E-state index in [1.54, 1.807) is 13.8 Å². The molecule has 0 atom stereocenters. The molecule has 9 nitrogen and oxygen atoms in total. The summed E-state index contributed by atoms with van der Waals surface area (Å²) in [6.07, 6.45) is 0. The summed E-state index contributed by atoms with van der Waals surface area (Å²) in [4.78, 5) is 24.4. The molecule has 0 aliphatic rings. The Balaban J connectivity index is 1.99. The molecular weight excluding hydrogens is 432 g/mol. The molecule has 0 heterocycles. The summed E-state index contributed by atoms with van der Waals surface area (Å²) in [5.41, 5.74) is 2.26. The maximum absolute atomic E-state index is 12.8. The van der Waals surface area contributed by atoms with Gasteiger partial charge in [-0.05, 0) is 30.7 Å². The number of benzene rings is 2. The van der Waals surface area contributed by atoms with E-state index >= 15 is 0 Å². The van der Waals surface area contributed by atoms with Crippen molar-refractivity contribution in [2.24, 2.45) is 0 Å². The Hall–Kier alpha value is -3.11. The lowest BCUT2D eigenvalue weighted by Crippen LogP contribution is -2.39. The van der Waals surface area contributed by atoms with Gasteiger partial charge in [-0.1, -0.05) is 43.7 Å². The third kappa shape index (κ3) is 6.69. The van der Waals surface area contributed by atoms with Crippen molar-refractivity contribution in [3.63, 3.8) is 0 Å². The zero-order valence-electron chi connectivity index (χ0n) is 18.8. The third-order valence-corrected chi connectivity index (χ3v) is 6.82. The highest BCUT2D eigenvalue weighted by atomic mass is 32.2. The average molecular weight is 463 g/mol. The van der Waals surface area contributed by atoms with Crippen molar-refractivity contribution in [3.05, 3.63) is 53.6 Å². The van der Waals surface area contributed by atoms with Crippen LogP contribution >= 0.6 is 0 Å². The Kier molecular flexibility index (Phi) is 9.03. The van der Waals surface area contributed by atoms with Gasteiger partial charge in [0.1, 0.15) is 5.75 Å². The number of ether oxygens (including phenoxy) is 1. The van der Waals surface area contributed by atoms with Crippen LogP contribution in [-0.2, 0) is 21.4 Å². The summed E-state index contributed by atoms with van der Waals surface area (Å²) in [7, 11) is -2.28. The number of hydrogen-bond donors (Lipinski definition) is 3. The van der Waals surface area contributed by atoms with E-state index in [9.17, 15) is 18.0 Å². The molecule has 0 saturated heterocycles. The molecule has 0 aliphatic heterocycles. The van der Waals surface area contributed by atoms with E-state index in [2.05, 4.69) is 16.0 Å². The number of rotatable bonds is 10. The van der Waals surface area contributed by atoms with Crippen LogP contribution in [0.2, 0.25) is 0 Å². The first-order chi connectivity index (χ1) is 15.2. The van der Waals surface area contributed by atoms with E-state index in [1.807, 2.05) is 31.2 Å². The zero-order valence-corrected chi connectivity index (χ0v) is 19.6. The lowest BCUT2D eigenvalue weighted by Gasteiger charge is -2.19. The molecule has 2 aromatic carbocycles. The maximum atomic E-state index is 12.8. The number of nitrogens with zero attached hydrogens (tertiary/aromatic N) is 1. The molecule has 0 aromatic heterocycles. The fourth-order valence-corrected chi connectivity index (χ4v) is 4.45. The summed E-state index contributed by atoms with van der Waals surface area (Å²) in [5.74, 6) is -0.216. The normalized spacial score (nSPS) is 11.2. The maximum Gasteiger partial charge on any atom is 0.315 e. The molecule has 2 rings (SSSR count). The molecular formula is C22H30N4O5S. The van der Waals surface area contributed by atoms with E-state index in [1.165, 1.54) is 29.6 Å². The van der Waals surface area contributed by atoms with Gasteiger partial charge in [0.15, 0.2) is 0 Å². The Morgan fingerprint density at radius 3 is 2.25 bits per heavy atom. The van der Waals surface area contributed by atoms with Crippen LogP contribution in [0.3, 0.4) is 0 Å². The number of nitrogens with one attached hydrogen (secondary N) is 3. The molecule has 10 heteroatoms. The standard InChI is InChI=1S/C22H30N4O5S/c1-5-26(6-2)32(29,30)18-11-12-20(31-4)19(13-18)25-21(27)15-24-22(28)23-14-17-9-7-16(3)8-10-17/h7-13H,5-6,14-15H2,1-4H3,(H,25,27)(H2,23,24,28). The van der Waals surface area contributed by atoms with Crippen LogP contribution in [0.15, 0.2) is 47.4 Å². The second-order valence-electron chi connectivity index (χ2n) is 7.02. The van der Waals surface area contributed by atoms with Crippen LogP contribution in [-0.4, -0.2) is 51.4 Å². The van der Waals surface area contributed by atoms with Crippen LogP contribution in [0.25, 0.3) is 0 Å². The summed E-state index contributed by atoms with van der Waals surface area (Å²) < 4.78 is 32.1. The van der Waals surface area contributed by atoms with Crippen LogP contribution in [0.4, 0.5) is 10.5 Å². The first-order valence-electron chi connectivity index (χ1n) is 10.3. The quantitative estimate of drug-likeness (QED) is 0.502. The van der Waals surface area contributed by atoms with E-state index < -0.39 is 22.0 Å². The van der Waals surface area contributed by atoms with Crippen LogP contribution < -0.4 is 20.7 Å². The molecule has 0 radical (unpaired) electrons. The molecule has 0 aliphatic carbocycles. The van der Waals surface area contributed by atoms with Gasteiger partial charge in [-0.2, -0.15) is 4.31 Å². The van der Waals surface area contributed by atoms with E-state index in [0.717, 1.165) is 11.1 Å². The van der Waals surface area contributed by atoms with Gasteiger partial charge >= 0.3 is 6.03 Å². The Labute approximate surface area is 189 Å². The van der Waals surface area contributed by atoms with Crippen molar-refractivity contribution in [3.8, 4) is 5.75 Å². The van der Waals surface area contributed by atoms with Crippen molar-refractivity contribution in [1.29, 1.82) is 0 Å². The Morgan fingerprint density at radius 2 is 1.66 bits per heavy atom. The molecule has 0 unspecified atom stereocenters. The SMILES string of the molecule is CCN(CC)S(=O)(=O)c1ccc(OC)c(NC(=O)CNC(=O)NCc2ccc(C)cc2)c1. The first kappa shape index (κ1) is 25.2. The molecule has 3 amide bonds. The first-order valence-corrected chi connectivity index (χ1v) is 11.7. The second kappa shape index (κ2) is 11.5. The largest absolute Gasteiger partial charge is 0.495 e. The fraction of sp³-hybridized carbons (Fsp3) is 0.364. The molecule has 0 saturated carbocycles. The minimum absolute atomic E-state index is 0.0427. The van der Waals surface area contributed by atoms with Gasteiger partial charge in [0.05, 0.1) is 24.2 Å². The Bertz CT molecular complexity index is 1030. The van der Waals surface area contributed by atoms with Crippen molar-refractivity contribution >= 4 is 27.6 Å². The molecule has 0 fully saturated rings. The van der Waals surface area contributed by atoms with E-state index in [4.69, 9.17) is 4.74 Å². The van der Waals surface area contributed by atoms with Crippen molar-refractivity contribution in [1.82, 2.24) is 14.9 Å². The van der Waals surface area contributed by atoms with Gasteiger partial charge in [-0.3, -0.25) is 4.79 Å². The van der Waals surface area contributed by atoms with E-state index in [-0.39, 0.29) is 17.1 Å². The number of anilines is 1. The molecule has 0 bridgehead atoms. The lowest BCUT2D eigenvalue weighted by atomic mass is 10.1. The number of urea groups is 1. The van der Waals surface area contributed by atoms with Crippen LogP contribution in [0.1, 0.15) is 25.0 Å². The number of carbonyl (C=O) groups is 2. The minimum Gasteiger partial charge on any atom is -0.495 e. The monoisotopic (exact) mass is 462 g/mol. The summed E-state index contributed by atoms with van der Waals surface area (Å²) in [5, 5.41) is 7.74.